The van der Waals surface area contributed by atoms with Gasteiger partial charge in [-0.15, -0.1) is 0 Å². The molecule has 0 amide bonds. The van der Waals surface area contributed by atoms with E-state index in [1.54, 1.807) is 0 Å². The van der Waals surface area contributed by atoms with Crippen LogP contribution < -0.4 is 10.9 Å². The lowest BCUT2D eigenvalue weighted by atomic mass is 10.4. The van der Waals surface area contributed by atoms with Crippen LogP contribution >= 0.6 is 0 Å². The zero-order chi connectivity index (χ0) is 10.9. The summed E-state index contributed by atoms with van der Waals surface area (Å²) in [6.45, 7) is 0. The largest absolute Gasteiger partial charge is 0.384 e. The fraction of sp³-hybridized carbons (Fsp3) is 0. The van der Waals surface area contributed by atoms with Crippen LogP contribution in [0, 0.1) is 10.1 Å². The maximum Gasteiger partial charge on any atom is 0.307 e. The molecule has 14 heavy (non-hydrogen) atoms. The van der Waals surface area contributed by atoms with Gasteiger partial charge in [0.1, 0.15) is 12.0 Å². The molecule has 4 N–H and O–H groups in total. The second kappa shape index (κ2) is 3.20. The second-order valence-electron chi connectivity index (χ2n) is 2.38. The average Bonchev–Trinajstić information content (AvgIpc) is 2.01. The smallest absolute Gasteiger partial charge is 0.307 e. The fourth-order valence-electron chi connectivity index (χ4n) is 0.810. The molecule has 0 spiro atoms. The van der Waals surface area contributed by atoms with E-state index < -0.39 is 25.5 Å². The summed E-state index contributed by atoms with van der Waals surface area (Å²) in [6.07, 6.45) is 0.745. The molecule has 0 aromatic carbocycles. The predicted molar refractivity (Wildman–Crippen MR) is 46.7 cm³/mol. The summed E-state index contributed by atoms with van der Waals surface area (Å²) in [5, 5.41) is 15.1. The van der Waals surface area contributed by atoms with Gasteiger partial charge in [0.2, 0.25) is 10.0 Å². The van der Waals surface area contributed by atoms with Crippen LogP contribution in [0.3, 0.4) is 0 Å². The number of pyridine rings is 1. The highest BCUT2D eigenvalue weighted by Gasteiger charge is 2.23. The number of aromatic nitrogens is 1. The molecule has 0 fully saturated rings. The normalized spacial score (nSPS) is 11.2. The van der Waals surface area contributed by atoms with Crippen LogP contribution in [-0.4, -0.2) is 18.3 Å². The van der Waals surface area contributed by atoms with Gasteiger partial charge in [-0.25, -0.2) is 18.5 Å². The first-order chi connectivity index (χ1) is 6.32. The SMILES string of the molecule is Nc1cc(S(N)(=O)=O)c([N+](=O)[O-])cn1. The molecule has 0 saturated heterocycles. The van der Waals surface area contributed by atoms with Crippen molar-refractivity contribution >= 4 is 21.5 Å². The highest BCUT2D eigenvalue weighted by atomic mass is 32.2. The van der Waals surface area contributed by atoms with Crippen molar-refractivity contribution in [3.63, 3.8) is 0 Å². The summed E-state index contributed by atoms with van der Waals surface area (Å²) >= 11 is 0. The van der Waals surface area contributed by atoms with Gasteiger partial charge in [-0.1, -0.05) is 0 Å². The van der Waals surface area contributed by atoms with Crippen LogP contribution in [-0.2, 0) is 10.0 Å². The number of nitrogens with zero attached hydrogens (tertiary/aromatic N) is 2. The molecule has 0 radical (unpaired) electrons. The third-order valence-corrected chi connectivity index (χ3v) is 2.31. The molecule has 9 heteroatoms. The van der Waals surface area contributed by atoms with Gasteiger partial charge in [-0.3, -0.25) is 10.1 Å². The molecule has 1 aromatic rings. The number of primary sulfonamides is 1. The Morgan fingerprint density at radius 2 is 2.07 bits per heavy atom. The maximum absolute atomic E-state index is 10.9. The second-order valence-corrected chi connectivity index (χ2v) is 3.91. The summed E-state index contributed by atoms with van der Waals surface area (Å²) in [4.78, 5) is 12.2. The van der Waals surface area contributed by atoms with E-state index in [-0.39, 0.29) is 5.82 Å². The molecular formula is C5H6N4O4S. The minimum Gasteiger partial charge on any atom is -0.384 e. The number of nitro groups is 1. The molecule has 0 aliphatic carbocycles. The van der Waals surface area contributed by atoms with E-state index in [4.69, 9.17) is 10.9 Å². The van der Waals surface area contributed by atoms with Crippen LogP contribution in [0.4, 0.5) is 11.5 Å². The molecule has 76 valence electrons. The summed E-state index contributed by atoms with van der Waals surface area (Å²) in [7, 11) is -4.16. The topological polar surface area (TPSA) is 142 Å². The lowest BCUT2D eigenvalue weighted by Gasteiger charge is -2.00. The van der Waals surface area contributed by atoms with Gasteiger partial charge in [0.25, 0.3) is 0 Å². The van der Waals surface area contributed by atoms with Crippen LogP contribution in [0.25, 0.3) is 0 Å². The molecule has 0 bridgehead atoms. The Labute approximate surface area is 78.7 Å². The number of anilines is 1. The fourth-order valence-corrected chi connectivity index (χ4v) is 1.51. The Bertz CT molecular complexity index is 483. The summed E-state index contributed by atoms with van der Waals surface area (Å²) in [5.41, 5.74) is 4.48. The van der Waals surface area contributed by atoms with Crippen LogP contribution in [0.1, 0.15) is 0 Å². The quantitative estimate of drug-likeness (QED) is 0.492. The van der Waals surface area contributed by atoms with Gasteiger partial charge in [0.05, 0.1) is 4.92 Å². The standard InChI is InChI=1S/C5H6N4O4S/c6-5-1-4(14(7,12)13)3(2-8-5)9(10)11/h1-2H,(H2,6,8)(H2,7,12,13). The number of nitrogen functional groups attached to an aromatic ring is 1. The number of nitrogens with two attached hydrogens (primary N) is 2. The van der Waals surface area contributed by atoms with E-state index >= 15 is 0 Å². The van der Waals surface area contributed by atoms with Gasteiger partial charge in [0, 0.05) is 6.07 Å². The van der Waals surface area contributed by atoms with Crippen LogP contribution in [0.2, 0.25) is 0 Å². The van der Waals surface area contributed by atoms with Gasteiger partial charge in [-0.2, -0.15) is 0 Å². The van der Waals surface area contributed by atoms with E-state index in [1.807, 2.05) is 0 Å². The molecule has 1 aromatic heterocycles. The van der Waals surface area contributed by atoms with E-state index in [0.29, 0.717) is 0 Å². The Kier molecular flexibility index (Phi) is 2.36. The average molecular weight is 218 g/mol. The van der Waals surface area contributed by atoms with Crippen molar-refractivity contribution in [2.45, 2.75) is 4.90 Å². The van der Waals surface area contributed by atoms with E-state index in [1.165, 1.54) is 0 Å². The minimum absolute atomic E-state index is 0.153. The van der Waals surface area contributed by atoms with Crippen molar-refractivity contribution in [1.29, 1.82) is 0 Å². The zero-order valence-electron chi connectivity index (χ0n) is 6.75. The molecule has 0 aliphatic rings. The van der Waals surface area contributed by atoms with Gasteiger partial charge in [0.15, 0.2) is 4.90 Å². The Hall–Kier alpha value is -1.74. The summed E-state index contributed by atoms with van der Waals surface area (Å²) < 4.78 is 21.8. The Balaban J connectivity index is 3.54. The number of hydrogen-bond donors (Lipinski definition) is 2. The van der Waals surface area contributed by atoms with E-state index in [0.717, 1.165) is 12.3 Å². The van der Waals surface area contributed by atoms with Gasteiger partial charge >= 0.3 is 5.69 Å². The third kappa shape index (κ3) is 1.95. The first kappa shape index (κ1) is 10.3. The maximum atomic E-state index is 10.9. The van der Waals surface area contributed by atoms with Crippen LogP contribution in [0.15, 0.2) is 17.2 Å². The third-order valence-electron chi connectivity index (χ3n) is 1.37. The van der Waals surface area contributed by atoms with E-state index in [9.17, 15) is 18.5 Å². The zero-order valence-corrected chi connectivity index (χ0v) is 7.56. The lowest BCUT2D eigenvalue weighted by Crippen LogP contribution is -2.15. The van der Waals surface area contributed by atoms with E-state index in [2.05, 4.69) is 4.98 Å². The monoisotopic (exact) mass is 218 g/mol. The molecule has 0 atom stereocenters. The summed E-state index contributed by atoms with van der Waals surface area (Å²) in [6, 6.07) is 0.841. The number of sulfonamides is 1. The van der Waals surface area contributed by atoms with Crippen molar-refractivity contribution < 1.29 is 13.3 Å². The van der Waals surface area contributed by atoms with Gasteiger partial charge < -0.3 is 5.73 Å². The van der Waals surface area contributed by atoms with Crippen molar-refractivity contribution in [3.05, 3.63) is 22.4 Å². The Morgan fingerprint density at radius 1 is 1.50 bits per heavy atom. The van der Waals surface area contributed by atoms with Crippen molar-refractivity contribution in [2.24, 2.45) is 5.14 Å². The number of rotatable bonds is 2. The van der Waals surface area contributed by atoms with Crippen molar-refractivity contribution in [3.8, 4) is 0 Å². The molecule has 1 rings (SSSR count). The lowest BCUT2D eigenvalue weighted by molar-refractivity contribution is -0.388. The molecule has 0 unspecified atom stereocenters. The van der Waals surface area contributed by atoms with Gasteiger partial charge in [-0.05, 0) is 0 Å². The van der Waals surface area contributed by atoms with Crippen molar-refractivity contribution in [1.82, 2.24) is 4.98 Å². The minimum atomic E-state index is -4.16. The highest BCUT2D eigenvalue weighted by Crippen LogP contribution is 2.22. The first-order valence-electron chi connectivity index (χ1n) is 3.25. The van der Waals surface area contributed by atoms with Crippen LogP contribution in [0.5, 0.6) is 0 Å². The number of hydrogen-bond acceptors (Lipinski definition) is 6. The Morgan fingerprint density at radius 3 is 2.50 bits per heavy atom. The first-order valence-corrected chi connectivity index (χ1v) is 4.79. The summed E-state index contributed by atoms with van der Waals surface area (Å²) in [5.74, 6) is -0.153. The molecule has 1 heterocycles. The molecule has 8 nitrogen and oxygen atoms in total. The molecular weight excluding hydrogens is 212 g/mol. The molecule has 0 aliphatic heterocycles. The molecule has 0 saturated carbocycles. The van der Waals surface area contributed by atoms with Crippen molar-refractivity contribution in [2.75, 3.05) is 5.73 Å². The predicted octanol–water partition coefficient (Wildman–Crippen LogP) is -0.781. The highest BCUT2D eigenvalue weighted by molar-refractivity contribution is 7.89.